The number of rotatable bonds is 13. The highest BCUT2D eigenvalue weighted by atomic mass is 32.2. The van der Waals surface area contributed by atoms with E-state index in [4.69, 9.17) is 18.9 Å². The van der Waals surface area contributed by atoms with Crippen LogP contribution in [-0.4, -0.2) is 73.3 Å². The van der Waals surface area contributed by atoms with E-state index >= 15 is 0 Å². The summed E-state index contributed by atoms with van der Waals surface area (Å²) >= 11 is 0. The highest BCUT2D eigenvalue weighted by Crippen LogP contribution is 2.38. The highest BCUT2D eigenvalue weighted by Gasteiger charge is 2.36. The lowest BCUT2D eigenvalue weighted by Gasteiger charge is -2.18. The van der Waals surface area contributed by atoms with Crippen LogP contribution in [0.25, 0.3) is 16.9 Å². The van der Waals surface area contributed by atoms with Gasteiger partial charge in [-0.25, -0.2) is 23.2 Å². The van der Waals surface area contributed by atoms with E-state index in [-0.39, 0.29) is 71.1 Å². The number of benzene rings is 1. The number of sulfone groups is 1. The Morgan fingerprint density at radius 1 is 1.00 bits per heavy atom. The minimum absolute atomic E-state index is 0.0153. The summed E-state index contributed by atoms with van der Waals surface area (Å²) in [7, 11) is -0.391. The molecule has 4 aromatic rings. The normalized spacial score (nSPS) is 11.7. The van der Waals surface area contributed by atoms with Crippen molar-refractivity contribution in [2.45, 2.75) is 33.4 Å². The van der Waals surface area contributed by atoms with Gasteiger partial charge in [0.25, 0.3) is 0 Å². The fraction of sp³-hybridized carbons (Fsp3) is 0.355. The molecule has 0 bridgehead atoms. The van der Waals surface area contributed by atoms with Gasteiger partial charge in [0.15, 0.2) is 15.7 Å². The largest absolute Gasteiger partial charge is 0.497 e. The number of pyridine rings is 1. The summed E-state index contributed by atoms with van der Waals surface area (Å²) < 4.78 is 88.3. The van der Waals surface area contributed by atoms with Gasteiger partial charge in [-0.15, -0.1) is 0 Å². The first kappa shape index (κ1) is 35.0. The lowest BCUT2D eigenvalue weighted by atomic mass is 10.1. The number of aryl methyl sites for hydroxylation is 1. The molecule has 4 rings (SSSR count). The van der Waals surface area contributed by atoms with Crippen LogP contribution < -0.4 is 19.5 Å². The minimum atomic E-state index is -4.63. The number of methoxy groups -OCH3 is 2. The molecule has 47 heavy (non-hydrogen) atoms. The molecular formula is C31H34F3N5O7S. The van der Waals surface area contributed by atoms with Gasteiger partial charge in [-0.05, 0) is 32.4 Å². The maximum Gasteiger partial charge on any atom is 0.418 e. The van der Waals surface area contributed by atoms with Crippen LogP contribution in [0.3, 0.4) is 0 Å². The molecule has 0 radical (unpaired) electrons. The van der Waals surface area contributed by atoms with Crippen molar-refractivity contribution in [2.24, 2.45) is 0 Å². The molecule has 0 aliphatic carbocycles. The Kier molecular flexibility index (Phi) is 10.6. The zero-order valence-corrected chi connectivity index (χ0v) is 27.4. The van der Waals surface area contributed by atoms with Gasteiger partial charge in [-0.2, -0.15) is 18.2 Å². The topological polar surface area (TPSA) is 144 Å². The number of halogens is 3. The smallest absolute Gasteiger partial charge is 0.418 e. The molecule has 1 aromatic carbocycles. The van der Waals surface area contributed by atoms with Crippen LogP contribution >= 0.6 is 0 Å². The fourth-order valence-electron chi connectivity index (χ4n) is 4.75. The molecule has 1 N–H and O–H groups in total. The van der Waals surface area contributed by atoms with E-state index < -0.39 is 27.5 Å². The molecule has 0 spiro atoms. The number of nitrogens with one attached hydrogen (secondary N) is 1. The maximum absolute atomic E-state index is 14.1. The lowest BCUT2D eigenvalue weighted by Crippen LogP contribution is -2.16. The molecule has 0 saturated carbocycles. The second-order valence-corrected chi connectivity index (χ2v) is 12.5. The zero-order valence-electron chi connectivity index (χ0n) is 26.6. The molecule has 0 aliphatic heterocycles. The SMILES string of the molecule is CCOC(=O)c1cc(-c2cnc(Nc3cc(OC)cc(OC)c3)nc2-n2c(C)cc(C(F)(F)F)c2CC)cnc1OCCS(C)(=O)=O. The van der Waals surface area contributed by atoms with Gasteiger partial charge >= 0.3 is 12.1 Å². The van der Waals surface area contributed by atoms with E-state index in [2.05, 4.69) is 20.3 Å². The minimum Gasteiger partial charge on any atom is -0.497 e. The Bertz CT molecular complexity index is 1860. The lowest BCUT2D eigenvalue weighted by molar-refractivity contribution is -0.138. The number of nitrogens with zero attached hydrogens (tertiary/aromatic N) is 4. The first-order valence-corrected chi connectivity index (χ1v) is 16.4. The summed E-state index contributed by atoms with van der Waals surface area (Å²) in [6.07, 6.45) is -0.847. The third kappa shape index (κ3) is 8.30. The average Bonchev–Trinajstić information content (AvgIpc) is 3.37. The van der Waals surface area contributed by atoms with Crippen LogP contribution in [0.15, 0.2) is 42.7 Å². The Balaban J connectivity index is 1.92. The second kappa shape index (κ2) is 14.3. The molecule has 252 valence electrons. The predicted octanol–water partition coefficient (Wildman–Crippen LogP) is 5.58. The van der Waals surface area contributed by atoms with Crippen molar-refractivity contribution >= 4 is 27.4 Å². The molecule has 12 nitrogen and oxygen atoms in total. The number of carbonyl (C=O) groups excluding carboxylic acids is 1. The van der Waals surface area contributed by atoms with Gasteiger partial charge < -0.3 is 28.8 Å². The van der Waals surface area contributed by atoms with Crippen LogP contribution in [0, 0.1) is 6.92 Å². The van der Waals surface area contributed by atoms with Gasteiger partial charge in [0.1, 0.15) is 23.7 Å². The Labute approximate surface area is 269 Å². The molecule has 0 aliphatic rings. The number of aromatic nitrogens is 4. The predicted molar refractivity (Wildman–Crippen MR) is 168 cm³/mol. The molecule has 0 atom stereocenters. The molecule has 0 amide bonds. The summed E-state index contributed by atoms with van der Waals surface area (Å²) in [5.41, 5.74) is 0.265. The second-order valence-electron chi connectivity index (χ2n) is 10.3. The van der Waals surface area contributed by atoms with Crippen molar-refractivity contribution < 1.29 is 45.3 Å². The van der Waals surface area contributed by atoms with E-state index in [1.807, 2.05) is 0 Å². The highest BCUT2D eigenvalue weighted by molar-refractivity contribution is 7.90. The number of hydrogen-bond donors (Lipinski definition) is 1. The van der Waals surface area contributed by atoms with Crippen molar-refractivity contribution in [3.63, 3.8) is 0 Å². The maximum atomic E-state index is 14.1. The first-order valence-electron chi connectivity index (χ1n) is 14.3. The van der Waals surface area contributed by atoms with Crippen LogP contribution in [0.1, 0.15) is 41.2 Å². The summed E-state index contributed by atoms with van der Waals surface area (Å²) in [4.78, 5) is 26.3. The third-order valence-electron chi connectivity index (χ3n) is 6.87. The van der Waals surface area contributed by atoms with E-state index in [1.165, 1.54) is 44.2 Å². The molecule has 3 aromatic heterocycles. The number of hydrogen-bond acceptors (Lipinski definition) is 11. The fourth-order valence-corrected chi connectivity index (χ4v) is 5.14. The van der Waals surface area contributed by atoms with Crippen molar-refractivity contribution in [1.29, 1.82) is 0 Å². The number of alkyl halides is 3. The number of carbonyl (C=O) groups is 1. The molecule has 0 fully saturated rings. The monoisotopic (exact) mass is 677 g/mol. The van der Waals surface area contributed by atoms with E-state index in [1.54, 1.807) is 32.0 Å². The zero-order chi connectivity index (χ0) is 34.5. The van der Waals surface area contributed by atoms with Gasteiger partial charge in [-0.3, -0.25) is 0 Å². The first-order chi connectivity index (χ1) is 22.2. The molecule has 0 unspecified atom stereocenters. The van der Waals surface area contributed by atoms with Crippen molar-refractivity contribution in [3.05, 3.63) is 65.2 Å². The number of anilines is 2. The van der Waals surface area contributed by atoms with E-state index in [9.17, 15) is 26.4 Å². The quantitative estimate of drug-likeness (QED) is 0.177. The summed E-state index contributed by atoms with van der Waals surface area (Å²) in [6.45, 7) is 4.49. The van der Waals surface area contributed by atoms with Crippen LogP contribution in [-0.2, 0) is 27.2 Å². The Hall–Kier alpha value is -4.86. The molecule has 0 saturated heterocycles. The third-order valence-corrected chi connectivity index (χ3v) is 7.77. The Morgan fingerprint density at radius 2 is 1.68 bits per heavy atom. The summed E-state index contributed by atoms with van der Waals surface area (Å²) in [5, 5.41) is 3.05. The summed E-state index contributed by atoms with van der Waals surface area (Å²) in [6, 6.07) is 7.43. The number of ether oxygens (including phenoxy) is 4. The van der Waals surface area contributed by atoms with Gasteiger partial charge in [-0.1, -0.05) is 6.92 Å². The van der Waals surface area contributed by atoms with E-state index in [0.717, 1.165) is 12.3 Å². The van der Waals surface area contributed by atoms with E-state index in [0.29, 0.717) is 17.2 Å². The van der Waals surface area contributed by atoms with Gasteiger partial charge in [0, 0.05) is 65.1 Å². The molecule has 3 heterocycles. The van der Waals surface area contributed by atoms with Crippen molar-refractivity contribution in [3.8, 4) is 34.3 Å². The Morgan fingerprint density at radius 3 is 2.26 bits per heavy atom. The van der Waals surface area contributed by atoms with Crippen LogP contribution in [0.5, 0.6) is 17.4 Å². The van der Waals surface area contributed by atoms with Crippen molar-refractivity contribution in [2.75, 3.05) is 44.8 Å². The van der Waals surface area contributed by atoms with Gasteiger partial charge in [0.2, 0.25) is 11.8 Å². The standard InChI is InChI=1S/C31H34F3N5O7S/c1-7-26-25(31(32,33)34)11-18(3)39(26)27-24(17-36-30(38-27)37-20-13-21(43-4)15-22(14-20)44-5)19-12-23(29(40)45-8-2)28(35-16-19)46-9-10-47(6,41)42/h11-17H,7-10H2,1-6H3,(H,36,37,38). The van der Waals surface area contributed by atoms with Crippen LogP contribution in [0.4, 0.5) is 24.8 Å². The number of esters is 1. The molecular weight excluding hydrogens is 643 g/mol. The van der Waals surface area contributed by atoms with Crippen molar-refractivity contribution in [1.82, 2.24) is 19.5 Å². The van der Waals surface area contributed by atoms with Gasteiger partial charge in [0.05, 0.1) is 32.1 Å². The molecule has 16 heteroatoms. The van der Waals surface area contributed by atoms with Crippen LogP contribution in [0.2, 0.25) is 0 Å². The summed E-state index contributed by atoms with van der Waals surface area (Å²) in [5.74, 6) is -0.219. The average molecular weight is 678 g/mol.